The smallest absolute Gasteiger partial charge is 0.115 e. The van der Waals surface area contributed by atoms with E-state index in [0.29, 0.717) is 5.75 Å². The minimum Gasteiger partial charge on any atom is -0.508 e. The zero-order chi connectivity index (χ0) is 8.81. The van der Waals surface area contributed by atoms with E-state index >= 15 is 0 Å². The second-order valence-corrected chi connectivity index (χ2v) is 2.94. The maximum absolute atomic E-state index is 9.01. The van der Waals surface area contributed by atoms with Gasteiger partial charge in [-0.25, -0.2) is 0 Å². The number of hydrogen-bond donors (Lipinski definition) is 1. The van der Waals surface area contributed by atoms with Crippen LogP contribution in [0.2, 0.25) is 0 Å². The van der Waals surface area contributed by atoms with Crippen LogP contribution < -0.4 is 0 Å². The molecule has 1 N–H and O–H groups in total. The van der Waals surface area contributed by atoms with Crippen molar-refractivity contribution in [1.82, 2.24) is 0 Å². The second-order valence-electron chi connectivity index (χ2n) is 2.94. The van der Waals surface area contributed by atoms with Crippen molar-refractivity contribution in [2.45, 2.75) is 26.2 Å². The van der Waals surface area contributed by atoms with Gasteiger partial charge in [-0.15, -0.1) is 0 Å². The molecule has 1 rings (SSSR count). The van der Waals surface area contributed by atoms with Gasteiger partial charge in [-0.05, 0) is 30.5 Å². The standard InChI is InChI=1S/C11H15O/c1-2-3-4-5-10-6-8-11(12)9-7-10/h5-9,12H,2-4H2,1H3. The summed E-state index contributed by atoms with van der Waals surface area (Å²) in [5, 5.41) is 9.01. The van der Waals surface area contributed by atoms with Crippen LogP contribution in [0.1, 0.15) is 31.7 Å². The second kappa shape index (κ2) is 4.81. The van der Waals surface area contributed by atoms with E-state index in [1.54, 1.807) is 12.1 Å². The summed E-state index contributed by atoms with van der Waals surface area (Å²) < 4.78 is 0. The Bertz CT molecular complexity index is 213. The summed E-state index contributed by atoms with van der Waals surface area (Å²) in [6, 6.07) is 7.31. The Kier molecular flexibility index (Phi) is 3.65. The van der Waals surface area contributed by atoms with Gasteiger partial charge in [0.25, 0.3) is 0 Å². The number of unbranched alkanes of at least 4 members (excludes halogenated alkanes) is 2. The Hall–Kier alpha value is -0.980. The predicted octanol–water partition coefficient (Wildman–Crippen LogP) is 3.13. The number of rotatable bonds is 4. The first-order chi connectivity index (χ1) is 5.83. The molecule has 0 saturated heterocycles. The van der Waals surface area contributed by atoms with Gasteiger partial charge in [0.2, 0.25) is 0 Å². The largest absolute Gasteiger partial charge is 0.508 e. The first kappa shape index (κ1) is 9.11. The molecule has 0 aromatic heterocycles. The van der Waals surface area contributed by atoms with Crippen molar-refractivity contribution < 1.29 is 5.11 Å². The molecule has 0 heterocycles. The molecule has 12 heavy (non-hydrogen) atoms. The lowest BCUT2D eigenvalue weighted by atomic mass is 10.1. The van der Waals surface area contributed by atoms with Gasteiger partial charge in [-0.1, -0.05) is 31.9 Å². The Morgan fingerprint density at radius 3 is 2.50 bits per heavy atom. The molecular formula is C11H15O. The molecule has 0 atom stereocenters. The fourth-order valence-corrected chi connectivity index (χ4v) is 1.08. The summed E-state index contributed by atoms with van der Waals surface area (Å²) in [5.74, 6) is 0.336. The number of benzene rings is 1. The molecule has 65 valence electrons. The van der Waals surface area contributed by atoms with Crippen molar-refractivity contribution in [3.63, 3.8) is 0 Å². The minimum absolute atomic E-state index is 0.336. The van der Waals surface area contributed by atoms with Crippen molar-refractivity contribution in [1.29, 1.82) is 0 Å². The topological polar surface area (TPSA) is 20.2 Å². The van der Waals surface area contributed by atoms with Crippen LogP contribution in [0.25, 0.3) is 0 Å². The van der Waals surface area contributed by atoms with Crippen LogP contribution in [0.5, 0.6) is 5.75 Å². The van der Waals surface area contributed by atoms with Crippen LogP contribution in [0.15, 0.2) is 24.3 Å². The lowest BCUT2D eigenvalue weighted by Crippen LogP contribution is -1.80. The highest BCUT2D eigenvalue weighted by Crippen LogP contribution is 2.13. The summed E-state index contributed by atoms with van der Waals surface area (Å²) in [6.45, 7) is 2.19. The molecule has 0 aliphatic heterocycles. The predicted molar refractivity (Wildman–Crippen MR) is 51.0 cm³/mol. The van der Waals surface area contributed by atoms with Crippen molar-refractivity contribution in [3.05, 3.63) is 36.2 Å². The molecule has 0 amide bonds. The number of aromatic hydroxyl groups is 1. The molecule has 0 spiro atoms. The fraction of sp³-hybridized carbons (Fsp3) is 0.364. The highest BCUT2D eigenvalue weighted by molar-refractivity contribution is 5.29. The zero-order valence-corrected chi connectivity index (χ0v) is 7.46. The van der Waals surface area contributed by atoms with E-state index in [0.717, 1.165) is 6.42 Å². The average molecular weight is 163 g/mol. The lowest BCUT2D eigenvalue weighted by Gasteiger charge is -1.99. The summed E-state index contributed by atoms with van der Waals surface area (Å²) in [5.41, 5.74) is 1.20. The molecule has 0 aliphatic carbocycles. The highest BCUT2D eigenvalue weighted by Gasteiger charge is 1.92. The molecule has 0 aliphatic rings. The van der Waals surface area contributed by atoms with Gasteiger partial charge < -0.3 is 5.11 Å². The van der Waals surface area contributed by atoms with Crippen LogP contribution in [0, 0.1) is 6.42 Å². The summed E-state index contributed by atoms with van der Waals surface area (Å²) in [7, 11) is 0. The van der Waals surface area contributed by atoms with E-state index in [1.165, 1.54) is 18.4 Å². The monoisotopic (exact) mass is 163 g/mol. The van der Waals surface area contributed by atoms with Gasteiger partial charge in [0.15, 0.2) is 0 Å². The third-order valence-corrected chi connectivity index (χ3v) is 1.83. The Labute approximate surface area is 74.1 Å². The number of phenols is 1. The lowest BCUT2D eigenvalue weighted by molar-refractivity contribution is 0.475. The van der Waals surface area contributed by atoms with E-state index in [1.807, 2.05) is 12.1 Å². The van der Waals surface area contributed by atoms with E-state index < -0.39 is 0 Å². The molecule has 1 heteroatoms. The first-order valence-corrected chi connectivity index (χ1v) is 4.45. The van der Waals surface area contributed by atoms with Crippen LogP contribution in [0.4, 0.5) is 0 Å². The molecule has 1 radical (unpaired) electrons. The number of hydrogen-bond acceptors (Lipinski definition) is 1. The first-order valence-electron chi connectivity index (χ1n) is 4.45. The normalized spacial score (nSPS) is 10.1. The van der Waals surface area contributed by atoms with Crippen LogP contribution in [-0.4, -0.2) is 5.11 Å². The highest BCUT2D eigenvalue weighted by atomic mass is 16.3. The van der Waals surface area contributed by atoms with Gasteiger partial charge in [-0.2, -0.15) is 0 Å². The van der Waals surface area contributed by atoms with Crippen LogP contribution in [0.3, 0.4) is 0 Å². The molecule has 0 bridgehead atoms. The van der Waals surface area contributed by atoms with Gasteiger partial charge in [0.1, 0.15) is 5.75 Å². The fourth-order valence-electron chi connectivity index (χ4n) is 1.08. The molecule has 1 aromatic carbocycles. The van der Waals surface area contributed by atoms with E-state index in [2.05, 4.69) is 13.3 Å². The summed E-state index contributed by atoms with van der Waals surface area (Å²) in [6.07, 6.45) is 5.79. The van der Waals surface area contributed by atoms with Crippen LogP contribution in [-0.2, 0) is 0 Å². The number of phenolic OH excluding ortho intramolecular Hbond substituents is 1. The molecule has 0 unspecified atom stereocenters. The summed E-state index contributed by atoms with van der Waals surface area (Å²) >= 11 is 0. The average Bonchev–Trinajstić information content (AvgIpc) is 2.09. The third kappa shape index (κ3) is 2.95. The Morgan fingerprint density at radius 2 is 1.92 bits per heavy atom. The Balaban J connectivity index is 2.37. The molecule has 1 aromatic rings. The van der Waals surface area contributed by atoms with Crippen LogP contribution >= 0.6 is 0 Å². The van der Waals surface area contributed by atoms with Gasteiger partial charge >= 0.3 is 0 Å². The van der Waals surface area contributed by atoms with Gasteiger partial charge in [0, 0.05) is 0 Å². The van der Waals surface area contributed by atoms with E-state index in [9.17, 15) is 0 Å². The van der Waals surface area contributed by atoms with Crippen molar-refractivity contribution in [3.8, 4) is 5.75 Å². The maximum Gasteiger partial charge on any atom is 0.115 e. The van der Waals surface area contributed by atoms with Crippen molar-refractivity contribution in [2.24, 2.45) is 0 Å². The SMILES string of the molecule is CCCC[CH]c1ccc(O)cc1. The van der Waals surface area contributed by atoms with Crippen molar-refractivity contribution >= 4 is 0 Å². The molecular weight excluding hydrogens is 148 g/mol. The molecule has 1 nitrogen and oxygen atoms in total. The molecule has 0 saturated carbocycles. The Morgan fingerprint density at radius 1 is 1.25 bits per heavy atom. The van der Waals surface area contributed by atoms with E-state index in [-0.39, 0.29) is 0 Å². The molecule has 0 fully saturated rings. The van der Waals surface area contributed by atoms with Crippen molar-refractivity contribution in [2.75, 3.05) is 0 Å². The zero-order valence-electron chi connectivity index (χ0n) is 7.46. The minimum atomic E-state index is 0.336. The quantitative estimate of drug-likeness (QED) is 0.676. The third-order valence-electron chi connectivity index (χ3n) is 1.83. The summed E-state index contributed by atoms with van der Waals surface area (Å²) in [4.78, 5) is 0. The van der Waals surface area contributed by atoms with Gasteiger partial charge in [-0.3, -0.25) is 0 Å². The van der Waals surface area contributed by atoms with Gasteiger partial charge in [0.05, 0.1) is 0 Å². The maximum atomic E-state index is 9.01. The van der Waals surface area contributed by atoms with E-state index in [4.69, 9.17) is 5.11 Å².